The summed E-state index contributed by atoms with van der Waals surface area (Å²) in [7, 11) is 0. The summed E-state index contributed by atoms with van der Waals surface area (Å²) in [5.41, 5.74) is 6.09. The summed E-state index contributed by atoms with van der Waals surface area (Å²) in [4.78, 5) is 22.0. The number of ketones is 1. The summed E-state index contributed by atoms with van der Waals surface area (Å²) in [6.45, 7) is 14.9. The van der Waals surface area contributed by atoms with Gasteiger partial charge in [0, 0.05) is 66.4 Å². The van der Waals surface area contributed by atoms with E-state index in [0.29, 0.717) is 0 Å². The fourth-order valence-electron chi connectivity index (χ4n) is 7.38. The molecular weight excluding hydrogens is 733 g/mol. The monoisotopic (exact) mass is 782 g/mol. The fourth-order valence-corrected chi connectivity index (χ4v) is 7.38. The SMILES string of the molecule is CC(C)(C)c1cc2ccnc3c2c(n1)C1(CCCC1)c1c-3[c-]cc2ccccc12.CCC(CC)C(=O)/C=C(\O)C(CC)CC.[Ir]. The van der Waals surface area contributed by atoms with Gasteiger partial charge in [-0.1, -0.05) is 96.3 Å². The third-order valence-corrected chi connectivity index (χ3v) is 10.1. The van der Waals surface area contributed by atoms with Gasteiger partial charge in [0.15, 0.2) is 5.78 Å². The van der Waals surface area contributed by atoms with Gasteiger partial charge >= 0.3 is 0 Å². The Kier molecular flexibility index (Phi) is 11.1. The molecule has 1 saturated carbocycles. The Bertz CT molecular complexity index is 1690. The van der Waals surface area contributed by atoms with Gasteiger partial charge in [-0.15, -0.1) is 23.3 Å². The number of hydrogen-bond acceptors (Lipinski definition) is 4. The van der Waals surface area contributed by atoms with Crippen LogP contribution in [0.5, 0.6) is 0 Å². The second kappa shape index (κ2) is 14.3. The van der Waals surface area contributed by atoms with E-state index in [1.54, 1.807) is 0 Å². The molecule has 1 N–H and O–H groups in total. The predicted molar refractivity (Wildman–Crippen MR) is 183 cm³/mol. The van der Waals surface area contributed by atoms with Crippen molar-refractivity contribution in [1.29, 1.82) is 0 Å². The smallest absolute Gasteiger partial charge is 0.162 e. The minimum atomic E-state index is -0.0256. The number of hydrogen-bond donors (Lipinski definition) is 1. The Morgan fingerprint density at radius 3 is 2.24 bits per heavy atom. The van der Waals surface area contributed by atoms with E-state index in [1.807, 2.05) is 33.9 Å². The number of benzene rings is 2. The molecule has 0 atom stereocenters. The maximum Gasteiger partial charge on any atom is 0.162 e. The summed E-state index contributed by atoms with van der Waals surface area (Å²) >= 11 is 0. The van der Waals surface area contributed by atoms with Crippen molar-refractivity contribution in [3.05, 3.63) is 83.5 Å². The van der Waals surface area contributed by atoms with Crippen LogP contribution in [0.3, 0.4) is 0 Å². The molecule has 1 spiro atoms. The van der Waals surface area contributed by atoms with E-state index in [1.165, 1.54) is 63.0 Å². The molecule has 2 aromatic heterocycles. The number of carbonyl (C=O) groups excluding carboxylic acids is 1. The van der Waals surface area contributed by atoms with E-state index in [0.717, 1.165) is 44.2 Å². The van der Waals surface area contributed by atoms with E-state index in [9.17, 15) is 9.90 Å². The Labute approximate surface area is 283 Å². The van der Waals surface area contributed by atoms with Crippen LogP contribution < -0.4 is 0 Å². The van der Waals surface area contributed by atoms with Crippen molar-refractivity contribution in [1.82, 2.24) is 9.97 Å². The van der Waals surface area contributed by atoms with Crippen molar-refractivity contribution in [3.63, 3.8) is 0 Å². The van der Waals surface area contributed by atoms with Gasteiger partial charge in [-0.25, -0.2) is 0 Å². The maximum absolute atomic E-state index is 11.7. The zero-order valence-electron chi connectivity index (χ0n) is 28.1. The van der Waals surface area contributed by atoms with Gasteiger partial charge in [0.25, 0.3) is 0 Å². The molecule has 2 aliphatic carbocycles. The van der Waals surface area contributed by atoms with E-state index >= 15 is 0 Å². The third kappa shape index (κ3) is 6.54. The van der Waals surface area contributed by atoms with Crippen LogP contribution in [-0.4, -0.2) is 20.9 Å². The van der Waals surface area contributed by atoms with Crippen LogP contribution in [0.25, 0.3) is 32.8 Å². The molecule has 4 aromatic rings. The van der Waals surface area contributed by atoms with E-state index < -0.39 is 0 Å². The normalized spacial score (nSPS) is 15.3. The van der Waals surface area contributed by atoms with Crippen molar-refractivity contribution < 1.29 is 30.0 Å². The van der Waals surface area contributed by atoms with Crippen molar-refractivity contribution in [2.75, 3.05) is 0 Å². The molecule has 1 fully saturated rings. The average molecular weight is 782 g/mol. The Balaban J connectivity index is 0.000000249. The van der Waals surface area contributed by atoms with Gasteiger partial charge in [-0.05, 0) is 67.1 Å². The van der Waals surface area contributed by atoms with E-state index in [2.05, 4.69) is 69.3 Å². The summed E-state index contributed by atoms with van der Waals surface area (Å²) in [6.07, 6.45) is 11.7. The molecule has 2 aromatic carbocycles. The quantitative estimate of drug-likeness (QED) is 0.115. The third-order valence-electron chi connectivity index (χ3n) is 10.1. The van der Waals surface area contributed by atoms with E-state index in [-0.39, 0.29) is 54.3 Å². The average Bonchev–Trinajstić information content (AvgIpc) is 3.50. The zero-order valence-corrected chi connectivity index (χ0v) is 30.5. The summed E-state index contributed by atoms with van der Waals surface area (Å²) in [6, 6.07) is 19.0. The number of aliphatic hydroxyl groups excluding tert-OH is 1. The number of fused-ring (bicyclic) bond motifs is 6. The maximum atomic E-state index is 11.7. The van der Waals surface area contributed by atoms with Gasteiger partial charge in [-0.3, -0.25) is 9.78 Å². The second-order valence-electron chi connectivity index (χ2n) is 13.8. The molecule has 45 heavy (non-hydrogen) atoms. The van der Waals surface area contributed by atoms with Crippen LogP contribution in [0.2, 0.25) is 0 Å². The molecule has 241 valence electrons. The molecule has 0 amide bonds. The Hall–Kier alpha value is -2.88. The Morgan fingerprint density at radius 1 is 0.978 bits per heavy atom. The molecule has 5 heteroatoms. The number of aliphatic hydroxyl groups is 1. The number of carbonyl (C=O) groups is 1. The van der Waals surface area contributed by atoms with Crippen LogP contribution in [0.1, 0.15) is 117 Å². The number of pyridine rings is 2. The summed E-state index contributed by atoms with van der Waals surface area (Å²) in [5, 5.41) is 14.9. The number of rotatable bonds is 7. The molecule has 6 rings (SSSR count). The summed E-state index contributed by atoms with van der Waals surface area (Å²) < 4.78 is 0. The van der Waals surface area contributed by atoms with Crippen molar-refractivity contribution in [2.45, 2.75) is 111 Å². The largest absolute Gasteiger partial charge is 0.512 e. The first-order chi connectivity index (χ1) is 21.1. The predicted octanol–water partition coefficient (Wildman–Crippen LogP) is 10.6. The first kappa shape index (κ1) is 35.0. The fraction of sp³-hybridized carbons (Fsp3) is 0.475. The standard InChI is InChI=1S/C27H25N2.C13H24O2.Ir/c1-26(2,3)21-16-18-12-15-28-24-20-11-10-17-8-4-5-9-19(17)23(20)27(13-6-7-14-27)25(29-21)22(18)24;1-5-10(6-2)12(14)9-13(15)11(7-3)8-4;/h4-5,8-10,12,15-16H,6-7,13-14H2,1-3H3;9-11,14H,5-8H2,1-4H3;/q-1;;/b;12-9-;. The molecule has 4 nitrogen and oxygen atoms in total. The molecule has 2 aliphatic rings. The van der Waals surface area contributed by atoms with Gasteiger partial charge in [-0.2, -0.15) is 0 Å². The topological polar surface area (TPSA) is 63.1 Å². The van der Waals surface area contributed by atoms with Crippen molar-refractivity contribution in [3.8, 4) is 11.3 Å². The van der Waals surface area contributed by atoms with Gasteiger partial charge in [0.1, 0.15) is 0 Å². The first-order valence-electron chi connectivity index (χ1n) is 16.8. The molecule has 0 bridgehead atoms. The number of nitrogens with zero attached hydrogens (tertiary/aromatic N) is 2. The van der Waals surface area contributed by atoms with Crippen LogP contribution >= 0.6 is 0 Å². The minimum absolute atomic E-state index is 0. The van der Waals surface area contributed by atoms with Crippen molar-refractivity contribution in [2.24, 2.45) is 11.8 Å². The Morgan fingerprint density at radius 2 is 1.62 bits per heavy atom. The molecular formula is C40H49IrN2O2-. The van der Waals surface area contributed by atoms with Gasteiger partial charge < -0.3 is 10.1 Å². The second-order valence-corrected chi connectivity index (χ2v) is 13.8. The van der Waals surface area contributed by atoms with Gasteiger partial charge in [0.2, 0.25) is 0 Å². The molecule has 0 saturated heterocycles. The minimum Gasteiger partial charge on any atom is -0.512 e. The number of aromatic nitrogens is 2. The molecule has 2 heterocycles. The van der Waals surface area contributed by atoms with Crippen LogP contribution in [-0.2, 0) is 35.7 Å². The van der Waals surface area contributed by atoms with Crippen LogP contribution in [0, 0.1) is 17.9 Å². The molecule has 0 aliphatic heterocycles. The van der Waals surface area contributed by atoms with E-state index in [4.69, 9.17) is 9.97 Å². The first-order valence-corrected chi connectivity index (χ1v) is 16.8. The van der Waals surface area contributed by atoms with Crippen LogP contribution in [0.4, 0.5) is 0 Å². The summed E-state index contributed by atoms with van der Waals surface area (Å²) in [5.74, 6) is 0.547. The molecule has 0 unspecified atom stereocenters. The molecule has 1 radical (unpaired) electrons. The van der Waals surface area contributed by atoms with Crippen LogP contribution in [0.15, 0.2) is 60.5 Å². The number of allylic oxidation sites excluding steroid dienone is 2. The zero-order chi connectivity index (χ0) is 31.6. The van der Waals surface area contributed by atoms with Gasteiger partial charge in [0.05, 0.1) is 5.76 Å². The van der Waals surface area contributed by atoms with Crippen molar-refractivity contribution >= 4 is 27.3 Å².